The van der Waals surface area contributed by atoms with E-state index in [2.05, 4.69) is 23.4 Å². The number of allylic oxidation sites excluding steroid dienone is 1. The minimum absolute atomic E-state index is 0.231. The molecule has 0 aliphatic heterocycles. The predicted molar refractivity (Wildman–Crippen MR) is 102 cm³/mol. The number of nitrogens with zero attached hydrogens (tertiary/aromatic N) is 1. The number of rotatable bonds is 2. The fraction of sp³-hybridized carbons (Fsp3) is 0.190. The van der Waals surface area contributed by atoms with Crippen molar-refractivity contribution in [2.24, 2.45) is 0 Å². The highest BCUT2D eigenvalue weighted by molar-refractivity contribution is 7.16. The van der Waals surface area contributed by atoms with Gasteiger partial charge in [-0.1, -0.05) is 12.5 Å². The number of benzene rings is 2. The lowest BCUT2D eigenvalue weighted by Crippen LogP contribution is -1.89. The molecule has 0 aliphatic carbocycles. The minimum Gasteiger partial charge on any atom is -0.241 e. The van der Waals surface area contributed by atoms with Crippen LogP contribution in [0.3, 0.4) is 0 Å². The average Bonchev–Trinajstić information content (AvgIpc) is 2.88. The first kappa shape index (κ1) is 16.4. The predicted octanol–water partition coefficient (Wildman–Crippen LogP) is 6.12. The molecule has 0 radical (unpaired) electrons. The van der Waals surface area contributed by atoms with Gasteiger partial charge < -0.3 is 0 Å². The van der Waals surface area contributed by atoms with Crippen LogP contribution in [0.2, 0.25) is 0 Å². The van der Waals surface area contributed by atoms with Gasteiger partial charge in [0.05, 0.1) is 10.6 Å². The number of aryl methyl sites for hydroxylation is 2. The summed E-state index contributed by atoms with van der Waals surface area (Å²) in [5, 5.41) is 2.77. The molecule has 0 aliphatic rings. The lowest BCUT2D eigenvalue weighted by molar-refractivity contribution is 0.628. The summed E-state index contributed by atoms with van der Waals surface area (Å²) in [7, 11) is 0. The van der Waals surface area contributed by atoms with E-state index in [9.17, 15) is 4.39 Å². The number of thiazole rings is 1. The van der Waals surface area contributed by atoms with E-state index in [4.69, 9.17) is 0 Å². The molecule has 120 valence electrons. The van der Waals surface area contributed by atoms with Crippen molar-refractivity contribution in [3.05, 3.63) is 58.4 Å². The van der Waals surface area contributed by atoms with Gasteiger partial charge in [-0.2, -0.15) is 0 Å². The average molecular weight is 335 g/mol. The Morgan fingerprint density at radius 2 is 1.96 bits per heavy atom. The number of aromatic nitrogens is 1. The standard InChI is InChI=1S/C21H18FNS/c1-6-7-15-9-17(21-23-14(5)20(24-21)12(2)3)10-16-11-18(22)8-13(4)19(15)16/h8-11H,2H2,1,3-5H3. The van der Waals surface area contributed by atoms with Gasteiger partial charge in [0.15, 0.2) is 0 Å². The second-order valence-corrected chi connectivity index (χ2v) is 6.93. The number of halogens is 1. The molecule has 3 rings (SSSR count). The molecule has 0 amide bonds. The third-order valence-corrected chi connectivity index (χ3v) is 5.27. The van der Waals surface area contributed by atoms with Crippen molar-refractivity contribution in [3.63, 3.8) is 0 Å². The molecule has 1 aromatic heterocycles. The van der Waals surface area contributed by atoms with Crippen LogP contribution in [0.1, 0.15) is 35.5 Å². The fourth-order valence-electron chi connectivity index (χ4n) is 2.96. The second-order valence-electron chi connectivity index (χ2n) is 5.93. The minimum atomic E-state index is -0.231. The van der Waals surface area contributed by atoms with Gasteiger partial charge in [0, 0.05) is 16.5 Å². The number of hydrogen-bond acceptors (Lipinski definition) is 2. The van der Waals surface area contributed by atoms with Gasteiger partial charge in [0.25, 0.3) is 0 Å². The van der Waals surface area contributed by atoms with E-state index in [0.29, 0.717) is 0 Å². The maximum absolute atomic E-state index is 13.9. The van der Waals surface area contributed by atoms with Crippen molar-refractivity contribution in [2.45, 2.75) is 27.7 Å². The molecular weight excluding hydrogens is 317 g/mol. The molecule has 0 saturated carbocycles. The molecule has 0 saturated heterocycles. The van der Waals surface area contributed by atoms with Crippen LogP contribution in [0.5, 0.6) is 0 Å². The van der Waals surface area contributed by atoms with Gasteiger partial charge in [-0.3, -0.25) is 0 Å². The van der Waals surface area contributed by atoms with Gasteiger partial charge in [0.1, 0.15) is 10.8 Å². The first-order valence-corrected chi connectivity index (χ1v) is 8.52. The van der Waals surface area contributed by atoms with Gasteiger partial charge in [-0.05, 0) is 68.5 Å². The molecule has 24 heavy (non-hydrogen) atoms. The smallest absolute Gasteiger partial charge is 0.124 e. The van der Waals surface area contributed by atoms with E-state index < -0.39 is 0 Å². The third-order valence-electron chi connectivity index (χ3n) is 3.90. The lowest BCUT2D eigenvalue weighted by atomic mass is 9.97. The quantitative estimate of drug-likeness (QED) is 0.514. The summed E-state index contributed by atoms with van der Waals surface area (Å²) in [6, 6.07) is 7.15. The van der Waals surface area contributed by atoms with Gasteiger partial charge in [0.2, 0.25) is 0 Å². The van der Waals surface area contributed by atoms with Crippen LogP contribution in [0, 0.1) is 31.5 Å². The molecule has 3 aromatic rings. The summed E-state index contributed by atoms with van der Waals surface area (Å²) in [6.07, 6.45) is 0. The van der Waals surface area contributed by atoms with Crippen LogP contribution in [-0.4, -0.2) is 4.98 Å². The van der Waals surface area contributed by atoms with Crippen molar-refractivity contribution < 1.29 is 4.39 Å². The van der Waals surface area contributed by atoms with E-state index >= 15 is 0 Å². The highest BCUT2D eigenvalue weighted by Gasteiger charge is 2.13. The SMILES string of the molecule is C=C(C)c1sc(-c2cc(C#CC)c3c(C)cc(F)cc3c2)nc1C. The zero-order valence-corrected chi connectivity index (χ0v) is 15.1. The lowest BCUT2D eigenvalue weighted by Gasteiger charge is -2.08. The summed E-state index contributed by atoms with van der Waals surface area (Å²) in [6.45, 7) is 11.7. The Morgan fingerprint density at radius 3 is 2.58 bits per heavy atom. The van der Waals surface area contributed by atoms with Gasteiger partial charge in [-0.15, -0.1) is 17.3 Å². The third kappa shape index (κ3) is 2.86. The van der Waals surface area contributed by atoms with Crippen LogP contribution in [0.4, 0.5) is 4.39 Å². The maximum atomic E-state index is 13.9. The summed E-state index contributed by atoms with van der Waals surface area (Å²) in [4.78, 5) is 5.77. The van der Waals surface area contributed by atoms with E-state index in [-0.39, 0.29) is 5.82 Å². The Hall–Kier alpha value is -2.44. The zero-order valence-electron chi connectivity index (χ0n) is 14.2. The highest BCUT2D eigenvalue weighted by atomic mass is 32.1. The molecule has 0 bridgehead atoms. The molecule has 0 spiro atoms. The summed E-state index contributed by atoms with van der Waals surface area (Å²) < 4.78 is 13.9. The Balaban J connectivity index is 2.31. The molecule has 0 atom stereocenters. The van der Waals surface area contributed by atoms with Crippen LogP contribution >= 0.6 is 11.3 Å². The van der Waals surface area contributed by atoms with Crippen LogP contribution in [0.15, 0.2) is 30.8 Å². The number of fused-ring (bicyclic) bond motifs is 1. The normalized spacial score (nSPS) is 10.5. The van der Waals surface area contributed by atoms with Crippen LogP contribution in [-0.2, 0) is 0 Å². The molecule has 1 nitrogen and oxygen atoms in total. The van der Waals surface area contributed by atoms with E-state index in [1.54, 1.807) is 23.5 Å². The highest BCUT2D eigenvalue weighted by Crippen LogP contribution is 2.35. The summed E-state index contributed by atoms with van der Waals surface area (Å²) in [5.74, 6) is 5.88. The summed E-state index contributed by atoms with van der Waals surface area (Å²) in [5.41, 5.74) is 4.75. The van der Waals surface area contributed by atoms with E-state index in [1.165, 1.54) is 0 Å². The summed E-state index contributed by atoms with van der Waals surface area (Å²) >= 11 is 1.61. The Kier molecular flexibility index (Phi) is 4.26. The van der Waals surface area contributed by atoms with Crippen LogP contribution in [0.25, 0.3) is 26.9 Å². The van der Waals surface area contributed by atoms with Crippen molar-refractivity contribution in [2.75, 3.05) is 0 Å². The molecule has 0 N–H and O–H groups in total. The van der Waals surface area contributed by atoms with E-state index in [0.717, 1.165) is 48.6 Å². The maximum Gasteiger partial charge on any atom is 0.124 e. The molecular formula is C21H18FNS. The Bertz CT molecular complexity index is 1030. The first-order valence-electron chi connectivity index (χ1n) is 7.71. The van der Waals surface area contributed by atoms with Crippen molar-refractivity contribution in [1.29, 1.82) is 0 Å². The van der Waals surface area contributed by atoms with Crippen molar-refractivity contribution in [1.82, 2.24) is 4.98 Å². The van der Waals surface area contributed by atoms with Crippen molar-refractivity contribution in [3.8, 4) is 22.4 Å². The van der Waals surface area contributed by atoms with E-state index in [1.807, 2.05) is 39.8 Å². The largest absolute Gasteiger partial charge is 0.241 e. The van der Waals surface area contributed by atoms with Crippen LogP contribution < -0.4 is 0 Å². The second kappa shape index (κ2) is 6.22. The van der Waals surface area contributed by atoms with Gasteiger partial charge in [-0.25, -0.2) is 9.37 Å². The first-order chi connectivity index (χ1) is 11.4. The monoisotopic (exact) mass is 335 g/mol. The Morgan fingerprint density at radius 1 is 1.21 bits per heavy atom. The number of hydrogen-bond donors (Lipinski definition) is 0. The molecule has 0 fully saturated rings. The fourth-order valence-corrected chi connectivity index (χ4v) is 3.94. The van der Waals surface area contributed by atoms with Gasteiger partial charge >= 0.3 is 0 Å². The topological polar surface area (TPSA) is 12.9 Å². The molecule has 2 aromatic carbocycles. The molecule has 0 unspecified atom stereocenters. The molecule has 3 heteroatoms. The molecule has 1 heterocycles. The zero-order chi connectivity index (χ0) is 17.4. The van der Waals surface area contributed by atoms with Crippen molar-refractivity contribution >= 4 is 27.7 Å². The Labute approximate surface area is 145 Å².